The van der Waals surface area contributed by atoms with Gasteiger partial charge in [-0.25, -0.2) is 0 Å². The summed E-state index contributed by atoms with van der Waals surface area (Å²) in [6.45, 7) is 0. The van der Waals surface area contributed by atoms with E-state index in [2.05, 4.69) is 0 Å². The van der Waals surface area contributed by atoms with Gasteiger partial charge < -0.3 is 0 Å². The van der Waals surface area contributed by atoms with Gasteiger partial charge in [-0.1, -0.05) is 7.43 Å². The summed E-state index contributed by atoms with van der Waals surface area (Å²) in [4.78, 5) is 0. The molecule has 4 heteroatoms. The standard InChI is InChI=1S/CH4.Cu.Mo.2O/h1H4;;;;. The van der Waals surface area contributed by atoms with Crippen molar-refractivity contribution in [3.8, 4) is 0 Å². The average molecular weight is 208 g/mol. The third kappa shape index (κ3) is 58.1. The second-order valence-corrected chi connectivity index (χ2v) is 0.403. The van der Waals surface area contributed by atoms with Crippen LogP contribution in [0, 0.1) is 0 Å². The van der Waals surface area contributed by atoms with Crippen molar-refractivity contribution in [2.45, 2.75) is 7.43 Å². The number of hydrogen-bond donors (Lipinski definition) is 0. The molecule has 0 aliphatic rings. The summed E-state index contributed by atoms with van der Waals surface area (Å²) >= 11 is -2.03. The van der Waals surface area contributed by atoms with E-state index in [1.54, 1.807) is 0 Å². The van der Waals surface area contributed by atoms with Crippen molar-refractivity contribution in [2.24, 2.45) is 0 Å². The van der Waals surface area contributed by atoms with Crippen molar-refractivity contribution in [3.05, 3.63) is 0 Å². The molecule has 37 valence electrons. The molecule has 0 N–H and O–H groups in total. The Kier molecular flexibility index (Phi) is 72.6. The zero-order valence-electron chi connectivity index (χ0n) is 1.53. The second kappa shape index (κ2) is 21.3. The molecule has 0 aromatic carbocycles. The van der Waals surface area contributed by atoms with Crippen LogP contribution in [0.25, 0.3) is 0 Å². The molecule has 1 radical (unpaired) electrons. The van der Waals surface area contributed by atoms with E-state index in [9.17, 15) is 0 Å². The van der Waals surface area contributed by atoms with E-state index in [1.165, 1.54) is 0 Å². The van der Waals surface area contributed by atoms with E-state index in [1.807, 2.05) is 0 Å². The number of hydrogen-bond acceptors (Lipinski definition) is 2. The van der Waals surface area contributed by atoms with Crippen LogP contribution in [0.2, 0.25) is 0 Å². The molecule has 5 heavy (non-hydrogen) atoms. The number of rotatable bonds is 0. The topological polar surface area (TPSA) is 34.1 Å². The van der Waals surface area contributed by atoms with E-state index in [-0.39, 0.29) is 24.5 Å². The molecular weight excluding hydrogens is 203 g/mol. The van der Waals surface area contributed by atoms with Gasteiger partial charge in [-0.2, -0.15) is 0 Å². The fraction of sp³-hybridized carbons (Fsp3) is 1.00. The van der Waals surface area contributed by atoms with Gasteiger partial charge >= 0.3 is 25.3 Å². The van der Waals surface area contributed by atoms with Crippen molar-refractivity contribution in [1.82, 2.24) is 0 Å². The van der Waals surface area contributed by atoms with Gasteiger partial charge in [0.2, 0.25) is 0 Å². The van der Waals surface area contributed by atoms with Gasteiger partial charge in [-0.3, -0.25) is 0 Å². The van der Waals surface area contributed by atoms with Gasteiger partial charge in [0.25, 0.3) is 0 Å². The van der Waals surface area contributed by atoms with Crippen LogP contribution < -0.4 is 0 Å². The van der Waals surface area contributed by atoms with Gasteiger partial charge in [0.15, 0.2) is 0 Å². The first-order valence-corrected chi connectivity index (χ1v) is 1.97. The van der Waals surface area contributed by atoms with E-state index in [0.717, 1.165) is 0 Å². The Balaban J connectivity index is -0.0000000200. The molecule has 0 heterocycles. The van der Waals surface area contributed by atoms with Crippen molar-refractivity contribution < 1.29 is 42.4 Å². The van der Waals surface area contributed by atoms with Crippen molar-refractivity contribution in [1.29, 1.82) is 0 Å². The first-order chi connectivity index (χ1) is 1.41. The molecule has 0 aromatic heterocycles. The molecular formula is CH4CuMoO2. The van der Waals surface area contributed by atoms with Crippen molar-refractivity contribution >= 4 is 0 Å². The summed E-state index contributed by atoms with van der Waals surface area (Å²) in [5.41, 5.74) is 0. The molecule has 0 atom stereocenters. The summed E-state index contributed by atoms with van der Waals surface area (Å²) in [6, 6.07) is 0. The van der Waals surface area contributed by atoms with E-state index >= 15 is 0 Å². The van der Waals surface area contributed by atoms with Crippen LogP contribution in [0.15, 0.2) is 0 Å². The third-order valence-electron chi connectivity index (χ3n) is 0. The van der Waals surface area contributed by atoms with Crippen molar-refractivity contribution in [2.75, 3.05) is 0 Å². The average Bonchev–Trinajstić information content (AvgIpc) is 0.918. The Hall–Kier alpha value is 0.808. The van der Waals surface area contributed by atoms with Gasteiger partial charge in [0.1, 0.15) is 0 Å². The quantitative estimate of drug-likeness (QED) is 0.539. The summed E-state index contributed by atoms with van der Waals surface area (Å²) < 4.78 is 17.0. The van der Waals surface area contributed by atoms with Crippen LogP contribution in [0.3, 0.4) is 0 Å². The van der Waals surface area contributed by atoms with E-state index < -0.39 is 18.5 Å². The molecule has 0 bridgehead atoms. The van der Waals surface area contributed by atoms with Gasteiger partial charge in [-0.05, 0) is 0 Å². The fourth-order valence-corrected chi connectivity index (χ4v) is 0. The van der Waals surface area contributed by atoms with E-state index in [4.69, 9.17) is 6.80 Å². The molecule has 0 rings (SSSR count). The molecule has 0 amide bonds. The normalized spacial score (nSPS) is 2.40. The molecule has 0 spiro atoms. The van der Waals surface area contributed by atoms with Crippen LogP contribution >= 0.6 is 0 Å². The van der Waals surface area contributed by atoms with Gasteiger partial charge in [0, 0.05) is 17.1 Å². The second-order valence-electron chi connectivity index (χ2n) is 0.0680. The molecule has 0 saturated carbocycles. The van der Waals surface area contributed by atoms with Crippen molar-refractivity contribution in [3.63, 3.8) is 0 Å². The third-order valence-corrected chi connectivity index (χ3v) is 0. The zero-order valence-corrected chi connectivity index (χ0v) is 4.47. The fourth-order valence-electron chi connectivity index (χ4n) is 0. The minimum atomic E-state index is -2.03. The molecule has 0 aliphatic heterocycles. The molecule has 0 aliphatic carbocycles. The van der Waals surface area contributed by atoms with Crippen LogP contribution in [0.4, 0.5) is 0 Å². The monoisotopic (exact) mass is 209 g/mol. The van der Waals surface area contributed by atoms with Crippen LogP contribution in [0.5, 0.6) is 0 Å². The maximum absolute atomic E-state index is 8.50. The molecule has 2 nitrogen and oxygen atoms in total. The molecule has 0 fully saturated rings. The first-order valence-electron chi connectivity index (χ1n) is 0.333. The molecule has 0 unspecified atom stereocenters. The Morgan fingerprint density at radius 3 is 1.20 bits per heavy atom. The van der Waals surface area contributed by atoms with Crippen LogP contribution in [-0.4, -0.2) is 0 Å². The summed E-state index contributed by atoms with van der Waals surface area (Å²) in [5, 5.41) is 0. The summed E-state index contributed by atoms with van der Waals surface area (Å²) in [7, 11) is 0. The Morgan fingerprint density at radius 2 is 1.20 bits per heavy atom. The summed E-state index contributed by atoms with van der Waals surface area (Å²) in [5.74, 6) is 0. The zero-order chi connectivity index (χ0) is 2.71. The summed E-state index contributed by atoms with van der Waals surface area (Å²) in [6.07, 6.45) is 0. The molecule has 0 saturated heterocycles. The van der Waals surface area contributed by atoms with Gasteiger partial charge in [0.05, 0.1) is 0 Å². The SMILES string of the molecule is C.[Cu].[O]=[Mo]=[O]. The predicted octanol–water partition coefficient (Wildman–Crippen LogP) is 0.393. The molecule has 0 aromatic rings. The Labute approximate surface area is 50.0 Å². The predicted molar refractivity (Wildman–Crippen MR) is 8.10 cm³/mol. The first kappa shape index (κ1) is 17.0. The Bertz CT molecular complexity index is 30.6. The van der Waals surface area contributed by atoms with Gasteiger partial charge in [-0.15, -0.1) is 0 Å². The Morgan fingerprint density at radius 1 is 1.20 bits per heavy atom. The van der Waals surface area contributed by atoms with Crippen LogP contribution in [0.1, 0.15) is 7.43 Å². The van der Waals surface area contributed by atoms with Crippen LogP contribution in [-0.2, 0) is 42.4 Å². The maximum atomic E-state index is 8.50. The van der Waals surface area contributed by atoms with E-state index in [0.29, 0.717) is 0 Å². The minimum absolute atomic E-state index is 0.